The van der Waals surface area contributed by atoms with Crippen LogP contribution in [-0.2, 0) is 10.0 Å². The Balaban J connectivity index is 2.32. The van der Waals surface area contributed by atoms with Crippen LogP contribution >= 0.6 is 0 Å². The third-order valence-electron chi connectivity index (χ3n) is 3.01. The van der Waals surface area contributed by atoms with Gasteiger partial charge in [0.1, 0.15) is 11.5 Å². The van der Waals surface area contributed by atoms with Crippen LogP contribution in [0.2, 0.25) is 0 Å². The molecule has 0 bridgehead atoms. The maximum absolute atomic E-state index is 12.3. The van der Waals surface area contributed by atoms with Gasteiger partial charge in [-0.05, 0) is 24.3 Å². The number of non-ortho nitro benzene ring substituents is 1. The van der Waals surface area contributed by atoms with Crippen molar-refractivity contribution in [2.24, 2.45) is 0 Å². The molecule has 0 saturated heterocycles. The summed E-state index contributed by atoms with van der Waals surface area (Å²) in [7, 11) is -1.02. The lowest BCUT2D eigenvalue weighted by atomic mass is 10.3. The molecule has 0 amide bonds. The first kappa shape index (κ1) is 16.6. The molecule has 0 heterocycles. The molecular formula is C14H14N2O6S. The number of methoxy groups -OCH3 is 2. The van der Waals surface area contributed by atoms with Gasteiger partial charge in [-0.25, -0.2) is 8.42 Å². The normalized spacial score (nSPS) is 10.9. The SMILES string of the molecule is COc1ccc(NS(=O)(=O)c2ccc([N+](=O)[O-])cc2)c(OC)c1. The first-order valence-corrected chi connectivity index (χ1v) is 7.85. The predicted molar refractivity (Wildman–Crippen MR) is 83.5 cm³/mol. The van der Waals surface area contributed by atoms with Crippen LogP contribution < -0.4 is 14.2 Å². The Morgan fingerprint density at radius 1 is 1.04 bits per heavy atom. The minimum atomic E-state index is -3.90. The van der Waals surface area contributed by atoms with E-state index in [1.165, 1.54) is 26.4 Å². The van der Waals surface area contributed by atoms with Crippen LogP contribution in [0.4, 0.5) is 11.4 Å². The van der Waals surface area contributed by atoms with E-state index in [1.54, 1.807) is 6.07 Å². The van der Waals surface area contributed by atoms with Gasteiger partial charge in [-0.2, -0.15) is 0 Å². The van der Waals surface area contributed by atoms with Gasteiger partial charge in [-0.3, -0.25) is 14.8 Å². The van der Waals surface area contributed by atoms with Crippen molar-refractivity contribution < 1.29 is 22.8 Å². The molecule has 0 saturated carbocycles. The number of sulfonamides is 1. The molecule has 0 aliphatic carbocycles. The lowest BCUT2D eigenvalue weighted by molar-refractivity contribution is -0.384. The topological polar surface area (TPSA) is 108 Å². The minimum absolute atomic E-state index is 0.0963. The summed E-state index contributed by atoms with van der Waals surface area (Å²) < 4.78 is 37.2. The van der Waals surface area contributed by atoms with Crippen molar-refractivity contribution in [1.82, 2.24) is 0 Å². The summed E-state index contributed by atoms with van der Waals surface area (Å²) >= 11 is 0. The number of hydrogen-bond donors (Lipinski definition) is 1. The van der Waals surface area contributed by atoms with Gasteiger partial charge in [0.15, 0.2) is 0 Å². The van der Waals surface area contributed by atoms with Crippen LogP contribution in [0.25, 0.3) is 0 Å². The second-order valence-corrected chi connectivity index (χ2v) is 6.11. The second-order valence-electron chi connectivity index (χ2n) is 4.42. The molecular weight excluding hydrogens is 324 g/mol. The smallest absolute Gasteiger partial charge is 0.269 e. The first-order valence-electron chi connectivity index (χ1n) is 6.36. The molecule has 2 aromatic rings. The van der Waals surface area contributed by atoms with E-state index in [2.05, 4.69) is 4.72 Å². The standard InChI is InChI=1S/C14H14N2O6S/c1-21-11-5-8-13(14(9-11)22-2)15-23(19,20)12-6-3-10(4-7-12)16(17)18/h3-9,15H,1-2H3. The van der Waals surface area contributed by atoms with Crippen LogP contribution in [0, 0.1) is 10.1 Å². The largest absolute Gasteiger partial charge is 0.497 e. The second kappa shape index (κ2) is 6.53. The van der Waals surface area contributed by atoms with E-state index < -0.39 is 14.9 Å². The van der Waals surface area contributed by atoms with E-state index in [9.17, 15) is 18.5 Å². The van der Waals surface area contributed by atoms with E-state index in [1.807, 2.05) is 0 Å². The summed E-state index contributed by atoms with van der Waals surface area (Å²) in [4.78, 5) is 9.91. The highest BCUT2D eigenvalue weighted by Crippen LogP contribution is 2.31. The lowest BCUT2D eigenvalue weighted by Crippen LogP contribution is -2.13. The number of nitro benzene ring substituents is 1. The zero-order valence-corrected chi connectivity index (χ0v) is 13.2. The van der Waals surface area contributed by atoms with Gasteiger partial charge in [0, 0.05) is 18.2 Å². The van der Waals surface area contributed by atoms with E-state index in [4.69, 9.17) is 9.47 Å². The Bertz CT molecular complexity index is 818. The van der Waals surface area contributed by atoms with E-state index in [0.717, 1.165) is 24.3 Å². The van der Waals surface area contributed by atoms with Gasteiger partial charge in [0.2, 0.25) is 0 Å². The van der Waals surface area contributed by atoms with Gasteiger partial charge >= 0.3 is 0 Å². The Kier molecular flexibility index (Phi) is 4.70. The average molecular weight is 338 g/mol. The summed E-state index contributed by atoms with van der Waals surface area (Å²) in [5.41, 5.74) is 0.0395. The molecule has 0 aliphatic heterocycles. The highest BCUT2D eigenvalue weighted by Gasteiger charge is 2.18. The number of anilines is 1. The fourth-order valence-corrected chi connectivity index (χ4v) is 2.90. The molecule has 23 heavy (non-hydrogen) atoms. The van der Waals surface area contributed by atoms with E-state index in [0.29, 0.717) is 5.75 Å². The summed E-state index contributed by atoms with van der Waals surface area (Å²) in [5.74, 6) is 0.801. The zero-order chi connectivity index (χ0) is 17.0. The zero-order valence-electron chi connectivity index (χ0n) is 12.3. The van der Waals surface area contributed by atoms with E-state index in [-0.39, 0.29) is 22.0 Å². The van der Waals surface area contributed by atoms with Crippen molar-refractivity contribution in [3.05, 3.63) is 52.6 Å². The number of rotatable bonds is 6. The molecule has 9 heteroatoms. The Morgan fingerprint density at radius 2 is 1.70 bits per heavy atom. The first-order chi connectivity index (χ1) is 10.9. The van der Waals surface area contributed by atoms with Crippen LogP contribution in [0.1, 0.15) is 0 Å². The maximum atomic E-state index is 12.3. The van der Waals surface area contributed by atoms with Gasteiger partial charge in [0.05, 0.1) is 29.7 Å². The third kappa shape index (κ3) is 3.69. The van der Waals surface area contributed by atoms with Gasteiger partial charge in [-0.1, -0.05) is 0 Å². The Hall–Kier alpha value is -2.81. The van der Waals surface area contributed by atoms with Crippen molar-refractivity contribution in [3.63, 3.8) is 0 Å². The fourth-order valence-electron chi connectivity index (χ4n) is 1.83. The van der Waals surface area contributed by atoms with Crippen LogP contribution in [-0.4, -0.2) is 27.6 Å². The number of hydrogen-bond acceptors (Lipinski definition) is 6. The molecule has 0 spiro atoms. The van der Waals surface area contributed by atoms with Crippen LogP contribution in [0.15, 0.2) is 47.4 Å². The Morgan fingerprint density at radius 3 is 2.22 bits per heavy atom. The number of benzene rings is 2. The highest BCUT2D eigenvalue weighted by atomic mass is 32.2. The quantitative estimate of drug-likeness (QED) is 0.640. The molecule has 122 valence electrons. The molecule has 0 unspecified atom stereocenters. The summed E-state index contributed by atoms with van der Waals surface area (Å²) in [6, 6.07) is 9.19. The van der Waals surface area contributed by atoms with Crippen molar-refractivity contribution in [2.45, 2.75) is 4.90 Å². The minimum Gasteiger partial charge on any atom is -0.497 e. The lowest BCUT2D eigenvalue weighted by Gasteiger charge is -2.13. The van der Waals surface area contributed by atoms with Crippen LogP contribution in [0.3, 0.4) is 0 Å². The molecule has 0 radical (unpaired) electrons. The summed E-state index contributed by atoms with van der Waals surface area (Å²) in [5, 5.41) is 10.6. The molecule has 0 fully saturated rings. The van der Waals surface area contributed by atoms with Crippen LogP contribution in [0.5, 0.6) is 11.5 Å². The van der Waals surface area contributed by atoms with Crippen molar-refractivity contribution in [3.8, 4) is 11.5 Å². The third-order valence-corrected chi connectivity index (χ3v) is 4.39. The molecule has 2 aromatic carbocycles. The molecule has 0 atom stereocenters. The number of ether oxygens (including phenoxy) is 2. The molecule has 2 rings (SSSR count). The maximum Gasteiger partial charge on any atom is 0.269 e. The molecule has 1 N–H and O–H groups in total. The van der Waals surface area contributed by atoms with Gasteiger partial charge in [0.25, 0.3) is 15.7 Å². The van der Waals surface area contributed by atoms with Crippen molar-refractivity contribution >= 4 is 21.4 Å². The van der Waals surface area contributed by atoms with Crippen molar-refractivity contribution in [1.29, 1.82) is 0 Å². The van der Waals surface area contributed by atoms with Gasteiger partial charge in [-0.15, -0.1) is 0 Å². The van der Waals surface area contributed by atoms with E-state index >= 15 is 0 Å². The summed E-state index contributed by atoms with van der Waals surface area (Å²) in [6.45, 7) is 0. The predicted octanol–water partition coefficient (Wildman–Crippen LogP) is 2.41. The van der Waals surface area contributed by atoms with Crippen molar-refractivity contribution in [2.75, 3.05) is 18.9 Å². The van der Waals surface area contributed by atoms with Gasteiger partial charge < -0.3 is 9.47 Å². The number of nitro groups is 1. The fraction of sp³-hybridized carbons (Fsp3) is 0.143. The molecule has 8 nitrogen and oxygen atoms in total. The Labute approximate surface area is 132 Å². The number of nitrogens with zero attached hydrogens (tertiary/aromatic N) is 1. The highest BCUT2D eigenvalue weighted by molar-refractivity contribution is 7.92. The average Bonchev–Trinajstić information content (AvgIpc) is 2.55. The number of nitrogens with one attached hydrogen (secondary N) is 1. The monoisotopic (exact) mass is 338 g/mol. The summed E-state index contributed by atoms with van der Waals surface area (Å²) in [6.07, 6.45) is 0. The molecule has 0 aromatic heterocycles. The molecule has 0 aliphatic rings.